The lowest BCUT2D eigenvalue weighted by Crippen LogP contribution is -2.49. The molecule has 4 nitrogen and oxygen atoms in total. The number of benzene rings is 2. The molecule has 0 aliphatic carbocycles. The number of carbonyl (C=O) groups is 1. The maximum Gasteiger partial charge on any atom is 0.254 e. The molecule has 6 heteroatoms. The molecule has 2 aliphatic rings. The number of sulfone groups is 1. The van der Waals surface area contributed by atoms with Gasteiger partial charge in [0.25, 0.3) is 5.91 Å². The third kappa shape index (κ3) is 3.17. The van der Waals surface area contributed by atoms with Crippen LogP contribution in [-0.4, -0.2) is 36.6 Å². The Hall–Kier alpha value is -1.41. The second-order valence-corrected chi connectivity index (χ2v) is 10.5. The van der Waals surface area contributed by atoms with Crippen LogP contribution < -0.4 is 0 Å². The number of hydrogen-bond acceptors (Lipinski definition) is 3. The van der Waals surface area contributed by atoms with Crippen LogP contribution in [0, 0.1) is 3.57 Å². The Morgan fingerprint density at radius 1 is 0.962 bits per heavy atom. The molecule has 2 atom stereocenters. The van der Waals surface area contributed by atoms with Gasteiger partial charge in [-0.05, 0) is 78.6 Å². The average molecular weight is 481 g/mol. The minimum atomic E-state index is -3.35. The molecule has 4 rings (SSSR count). The van der Waals surface area contributed by atoms with Gasteiger partial charge in [-0.2, -0.15) is 0 Å². The summed E-state index contributed by atoms with van der Waals surface area (Å²) in [6.45, 7) is 0. The Morgan fingerprint density at radius 3 is 2.23 bits per heavy atom. The van der Waals surface area contributed by atoms with Gasteiger partial charge in [-0.15, -0.1) is 0 Å². The zero-order valence-corrected chi connectivity index (χ0v) is 17.2. The maximum atomic E-state index is 13.0. The van der Waals surface area contributed by atoms with Crippen LogP contribution in [0.15, 0.2) is 59.5 Å². The van der Waals surface area contributed by atoms with Gasteiger partial charge < -0.3 is 4.90 Å². The molecule has 2 heterocycles. The molecule has 136 valence electrons. The molecule has 0 N–H and O–H groups in total. The summed E-state index contributed by atoms with van der Waals surface area (Å²) in [5, 5.41) is -0.401. The van der Waals surface area contributed by atoms with E-state index in [1.54, 1.807) is 24.3 Å². The van der Waals surface area contributed by atoms with E-state index < -0.39 is 15.1 Å². The normalized spacial score (nSPS) is 25.3. The predicted octanol–water partition coefficient (Wildman–Crippen LogP) is 3.90. The number of amides is 1. The zero-order valence-electron chi connectivity index (χ0n) is 14.2. The fraction of sp³-hybridized carbons (Fsp3) is 0.350. The lowest BCUT2D eigenvalue weighted by molar-refractivity contribution is 0.0598. The summed E-state index contributed by atoms with van der Waals surface area (Å²) in [5.74, 6) is 0.0339. The van der Waals surface area contributed by atoms with Crippen LogP contribution in [0.5, 0.6) is 0 Å². The highest BCUT2D eigenvalue weighted by Gasteiger charge is 2.47. The first-order chi connectivity index (χ1) is 12.5. The quantitative estimate of drug-likeness (QED) is 0.626. The fourth-order valence-corrected chi connectivity index (χ4v) is 6.70. The zero-order chi connectivity index (χ0) is 18.3. The van der Waals surface area contributed by atoms with Crippen LogP contribution >= 0.6 is 22.6 Å². The minimum absolute atomic E-state index is 0.0163. The van der Waals surface area contributed by atoms with E-state index in [1.165, 1.54) is 0 Å². The van der Waals surface area contributed by atoms with E-state index in [4.69, 9.17) is 0 Å². The first-order valence-electron chi connectivity index (χ1n) is 8.84. The predicted molar refractivity (Wildman–Crippen MR) is 109 cm³/mol. The van der Waals surface area contributed by atoms with Crippen LogP contribution in [0.3, 0.4) is 0 Å². The molecule has 2 aromatic carbocycles. The summed E-state index contributed by atoms with van der Waals surface area (Å²) in [6.07, 6.45) is 2.84. The van der Waals surface area contributed by atoms with Crippen molar-refractivity contribution >= 4 is 38.3 Å². The lowest BCUT2D eigenvalue weighted by Gasteiger charge is -2.38. The third-order valence-electron chi connectivity index (χ3n) is 5.51. The summed E-state index contributed by atoms with van der Waals surface area (Å²) in [5.41, 5.74) is 0.693. The van der Waals surface area contributed by atoms with Gasteiger partial charge >= 0.3 is 0 Å². The Kier molecular flexibility index (Phi) is 4.81. The second-order valence-electron chi connectivity index (χ2n) is 7.06. The first-order valence-corrected chi connectivity index (χ1v) is 11.5. The van der Waals surface area contributed by atoms with Gasteiger partial charge in [-0.3, -0.25) is 4.79 Å². The lowest BCUT2D eigenvalue weighted by atomic mass is 10.0. The number of piperidine rings is 1. The molecule has 2 unspecified atom stereocenters. The summed E-state index contributed by atoms with van der Waals surface area (Å²) in [7, 11) is -3.35. The number of carbonyl (C=O) groups excluding carboxylic acids is 1. The topological polar surface area (TPSA) is 54.5 Å². The Morgan fingerprint density at radius 2 is 1.62 bits per heavy atom. The highest BCUT2D eigenvalue weighted by atomic mass is 127. The maximum absolute atomic E-state index is 13.0. The molecule has 2 aromatic rings. The van der Waals surface area contributed by atoms with Crippen molar-refractivity contribution < 1.29 is 13.2 Å². The van der Waals surface area contributed by atoms with E-state index in [2.05, 4.69) is 22.6 Å². The van der Waals surface area contributed by atoms with Crippen molar-refractivity contribution in [3.63, 3.8) is 0 Å². The number of hydrogen-bond donors (Lipinski definition) is 0. The minimum Gasteiger partial charge on any atom is -0.333 e. The van der Waals surface area contributed by atoms with Crippen LogP contribution in [0.25, 0.3) is 0 Å². The summed E-state index contributed by atoms with van der Waals surface area (Å²) in [6, 6.07) is 16.3. The van der Waals surface area contributed by atoms with Crippen molar-refractivity contribution in [2.24, 2.45) is 0 Å². The molecule has 26 heavy (non-hydrogen) atoms. The fourth-order valence-electron chi connectivity index (χ4n) is 4.29. The van der Waals surface area contributed by atoms with Gasteiger partial charge in [0.05, 0.1) is 10.1 Å². The molecular weight excluding hydrogens is 461 g/mol. The van der Waals surface area contributed by atoms with Gasteiger partial charge in [-0.25, -0.2) is 8.42 Å². The molecule has 2 saturated heterocycles. The molecule has 2 bridgehead atoms. The van der Waals surface area contributed by atoms with E-state index in [1.807, 2.05) is 35.2 Å². The largest absolute Gasteiger partial charge is 0.333 e. The van der Waals surface area contributed by atoms with Crippen molar-refractivity contribution in [3.8, 4) is 0 Å². The Balaban J connectivity index is 1.57. The van der Waals surface area contributed by atoms with Crippen molar-refractivity contribution in [1.82, 2.24) is 4.90 Å². The third-order valence-corrected chi connectivity index (χ3v) is 8.37. The SMILES string of the molecule is O=C(c1cccc(I)c1)N1C2CCC1CC(S(=O)(=O)c1ccccc1)C2. The van der Waals surface area contributed by atoms with E-state index in [-0.39, 0.29) is 18.0 Å². The molecule has 2 aliphatic heterocycles. The van der Waals surface area contributed by atoms with Crippen molar-refractivity contribution in [3.05, 3.63) is 63.7 Å². The number of halogens is 1. The Bertz CT molecular complexity index is 915. The summed E-state index contributed by atoms with van der Waals surface area (Å²) >= 11 is 2.21. The smallest absolute Gasteiger partial charge is 0.254 e. The standard InChI is InChI=1S/C20H20INO3S/c21-15-6-4-5-14(11-15)20(23)22-16-9-10-17(22)13-19(12-16)26(24,25)18-7-2-1-3-8-18/h1-8,11,16-17,19H,9-10,12-13H2. The summed E-state index contributed by atoms with van der Waals surface area (Å²) in [4.78, 5) is 15.3. The van der Waals surface area contributed by atoms with Gasteiger partial charge in [0.1, 0.15) is 0 Å². The number of rotatable bonds is 3. The number of nitrogens with zero attached hydrogens (tertiary/aromatic N) is 1. The number of fused-ring (bicyclic) bond motifs is 2. The molecule has 0 aromatic heterocycles. The van der Waals surface area contributed by atoms with E-state index in [9.17, 15) is 13.2 Å². The van der Waals surface area contributed by atoms with Gasteiger partial charge in [-0.1, -0.05) is 24.3 Å². The molecule has 2 fully saturated rings. The van der Waals surface area contributed by atoms with Gasteiger partial charge in [0, 0.05) is 21.2 Å². The Labute approximate surface area is 167 Å². The molecule has 1 amide bonds. The summed E-state index contributed by atoms with van der Waals surface area (Å²) < 4.78 is 27.0. The molecule has 0 spiro atoms. The van der Waals surface area contributed by atoms with Crippen molar-refractivity contribution in [1.29, 1.82) is 0 Å². The van der Waals surface area contributed by atoms with Gasteiger partial charge in [0.2, 0.25) is 0 Å². The molecule has 0 saturated carbocycles. The van der Waals surface area contributed by atoms with Crippen molar-refractivity contribution in [2.75, 3.05) is 0 Å². The molecule has 0 radical (unpaired) electrons. The van der Waals surface area contributed by atoms with E-state index in [0.29, 0.717) is 23.3 Å². The second kappa shape index (κ2) is 6.96. The van der Waals surface area contributed by atoms with Crippen LogP contribution in [0.4, 0.5) is 0 Å². The highest BCUT2D eigenvalue weighted by molar-refractivity contribution is 14.1. The monoisotopic (exact) mass is 481 g/mol. The highest BCUT2D eigenvalue weighted by Crippen LogP contribution is 2.40. The van der Waals surface area contributed by atoms with Crippen LogP contribution in [0.1, 0.15) is 36.0 Å². The van der Waals surface area contributed by atoms with E-state index in [0.717, 1.165) is 16.4 Å². The van der Waals surface area contributed by atoms with Crippen molar-refractivity contribution in [2.45, 2.75) is 47.9 Å². The average Bonchev–Trinajstić information content (AvgIpc) is 2.90. The van der Waals surface area contributed by atoms with Crippen LogP contribution in [0.2, 0.25) is 0 Å². The molecular formula is C20H20INO3S. The van der Waals surface area contributed by atoms with Crippen LogP contribution in [-0.2, 0) is 9.84 Å². The van der Waals surface area contributed by atoms with Gasteiger partial charge in [0.15, 0.2) is 9.84 Å². The van der Waals surface area contributed by atoms with E-state index >= 15 is 0 Å². The first kappa shape index (κ1) is 18.0.